The molecule has 0 spiro atoms. The van der Waals surface area contributed by atoms with Gasteiger partial charge in [-0.2, -0.15) is 0 Å². The number of rotatable bonds is 4. The Balaban J connectivity index is 1.38. The Kier molecular flexibility index (Phi) is 6.77. The van der Waals surface area contributed by atoms with E-state index in [4.69, 9.17) is 23.2 Å². The summed E-state index contributed by atoms with van der Waals surface area (Å²) in [5.74, 6) is -5.93. The molecule has 230 valence electrons. The van der Waals surface area contributed by atoms with Crippen LogP contribution in [0.2, 0.25) is 0 Å². The second kappa shape index (κ2) is 10.3. The van der Waals surface area contributed by atoms with Gasteiger partial charge in [-0.25, -0.2) is 9.29 Å². The van der Waals surface area contributed by atoms with Crippen LogP contribution in [0.5, 0.6) is 5.75 Å². The molecule has 45 heavy (non-hydrogen) atoms. The first-order valence-electron chi connectivity index (χ1n) is 14.9. The number of carbonyl (C=O) groups is 4. The van der Waals surface area contributed by atoms with Crippen molar-refractivity contribution in [3.63, 3.8) is 0 Å². The number of hydrogen-bond donors (Lipinski definition) is 1. The predicted molar refractivity (Wildman–Crippen MR) is 168 cm³/mol. The van der Waals surface area contributed by atoms with E-state index in [0.717, 1.165) is 29.0 Å². The smallest absolute Gasteiger partial charge is 0.258 e. The largest absolute Gasteiger partial charge is 0.508 e. The quantitative estimate of drug-likeness (QED) is 0.208. The Morgan fingerprint density at radius 3 is 2.16 bits per heavy atom. The van der Waals surface area contributed by atoms with Gasteiger partial charge in [-0.15, -0.1) is 23.2 Å². The van der Waals surface area contributed by atoms with Crippen LogP contribution in [0, 0.1) is 30.5 Å². The van der Waals surface area contributed by atoms with Gasteiger partial charge in [-0.05, 0) is 91.3 Å². The van der Waals surface area contributed by atoms with Crippen molar-refractivity contribution in [2.45, 2.75) is 48.8 Å². The van der Waals surface area contributed by atoms with Gasteiger partial charge in [0.1, 0.15) is 11.6 Å². The van der Waals surface area contributed by atoms with E-state index in [2.05, 4.69) is 0 Å². The maximum absolute atomic E-state index is 14.4. The highest BCUT2D eigenvalue weighted by molar-refractivity contribution is 6.58. The number of hydrogen-bond acceptors (Lipinski definition) is 5. The SMILES string of the molecule is CCc1ccc(N2C(=O)[C@H]3[C@H](CC=C4[C@H]3C[C@@]3(Cl)C(=O)N(c5ccc(F)cc5)C(=O)[C@@]3(Cl)[C@H]4c3ccc(O)c(C)c3)C2=O)cc1. The third-order valence-corrected chi connectivity index (χ3v) is 11.5. The van der Waals surface area contributed by atoms with Gasteiger partial charge in [0, 0.05) is 5.92 Å². The van der Waals surface area contributed by atoms with E-state index < -0.39 is 51.1 Å². The van der Waals surface area contributed by atoms with Crippen molar-refractivity contribution < 1.29 is 28.7 Å². The molecule has 3 aromatic rings. The number of alkyl halides is 2. The number of aryl methyl sites for hydroxylation is 2. The van der Waals surface area contributed by atoms with E-state index in [1.807, 2.05) is 25.1 Å². The molecule has 0 unspecified atom stereocenters. The van der Waals surface area contributed by atoms with E-state index in [0.29, 0.717) is 22.4 Å². The van der Waals surface area contributed by atoms with Gasteiger partial charge in [0.25, 0.3) is 11.8 Å². The van der Waals surface area contributed by atoms with Gasteiger partial charge >= 0.3 is 0 Å². The van der Waals surface area contributed by atoms with Gasteiger partial charge in [0.05, 0.1) is 23.2 Å². The van der Waals surface area contributed by atoms with Crippen LogP contribution in [0.15, 0.2) is 78.4 Å². The Labute approximate surface area is 269 Å². The molecule has 3 fully saturated rings. The van der Waals surface area contributed by atoms with Crippen molar-refractivity contribution in [2.24, 2.45) is 17.8 Å². The van der Waals surface area contributed by atoms with Crippen LogP contribution < -0.4 is 9.80 Å². The van der Waals surface area contributed by atoms with E-state index in [-0.39, 0.29) is 36.1 Å². The molecule has 4 aliphatic rings. The van der Waals surface area contributed by atoms with E-state index >= 15 is 0 Å². The molecule has 0 radical (unpaired) electrons. The number of nitrogens with zero attached hydrogens (tertiary/aromatic N) is 2. The van der Waals surface area contributed by atoms with Crippen molar-refractivity contribution in [1.82, 2.24) is 0 Å². The Hall–Kier alpha value is -4.01. The van der Waals surface area contributed by atoms with E-state index in [9.17, 15) is 28.7 Å². The summed E-state index contributed by atoms with van der Waals surface area (Å²) in [6, 6.07) is 17.0. The lowest BCUT2D eigenvalue weighted by Gasteiger charge is -2.50. The van der Waals surface area contributed by atoms with Gasteiger partial charge in [0.15, 0.2) is 9.75 Å². The summed E-state index contributed by atoms with van der Waals surface area (Å²) in [7, 11) is 0. The molecule has 1 saturated carbocycles. The van der Waals surface area contributed by atoms with Crippen molar-refractivity contribution >= 4 is 58.2 Å². The summed E-state index contributed by atoms with van der Waals surface area (Å²) in [6.07, 6.45) is 2.75. The number of fused-ring (bicyclic) bond motifs is 4. The molecule has 2 aliphatic carbocycles. The first kappa shape index (κ1) is 29.7. The van der Waals surface area contributed by atoms with Gasteiger partial charge in [-0.1, -0.05) is 42.8 Å². The molecule has 7 rings (SSSR count). The molecule has 2 saturated heterocycles. The number of halogens is 3. The average molecular weight is 648 g/mol. The summed E-state index contributed by atoms with van der Waals surface area (Å²) in [6.45, 7) is 3.72. The molecule has 2 aliphatic heterocycles. The van der Waals surface area contributed by atoms with Crippen LogP contribution in [0.3, 0.4) is 0 Å². The van der Waals surface area contributed by atoms with Crippen molar-refractivity contribution in [3.05, 3.63) is 101 Å². The Morgan fingerprint density at radius 1 is 0.867 bits per heavy atom. The van der Waals surface area contributed by atoms with Gasteiger partial charge < -0.3 is 5.11 Å². The highest BCUT2D eigenvalue weighted by Crippen LogP contribution is 2.66. The van der Waals surface area contributed by atoms with E-state index in [1.165, 1.54) is 23.1 Å². The van der Waals surface area contributed by atoms with Crippen LogP contribution in [0.25, 0.3) is 0 Å². The Bertz CT molecular complexity index is 1830. The third-order valence-electron chi connectivity index (χ3n) is 10.1. The summed E-state index contributed by atoms with van der Waals surface area (Å²) in [5.41, 5.74) is 3.36. The van der Waals surface area contributed by atoms with Crippen molar-refractivity contribution in [2.75, 3.05) is 9.80 Å². The fourth-order valence-electron chi connectivity index (χ4n) is 7.77. The van der Waals surface area contributed by atoms with Crippen molar-refractivity contribution in [3.8, 4) is 5.75 Å². The molecule has 0 bridgehead atoms. The minimum absolute atomic E-state index is 0.0348. The fraction of sp³-hybridized carbons (Fsp3) is 0.314. The maximum atomic E-state index is 14.4. The highest BCUT2D eigenvalue weighted by Gasteiger charge is 2.76. The number of imide groups is 2. The Morgan fingerprint density at radius 2 is 1.51 bits per heavy atom. The number of phenols is 1. The zero-order chi connectivity index (χ0) is 32.0. The molecule has 2 heterocycles. The van der Waals surface area contributed by atoms with Crippen LogP contribution >= 0.6 is 23.2 Å². The lowest BCUT2D eigenvalue weighted by molar-refractivity contribution is -0.125. The normalized spacial score (nSPS) is 30.7. The lowest BCUT2D eigenvalue weighted by Crippen LogP contribution is -2.60. The monoisotopic (exact) mass is 646 g/mol. The van der Waals surface area contributed by atoms with Crippen LogP contribution in [0.1, 0.15) is 42.4 Å². The van der Waals surface area contributed by atoms with Crippen LogP contribution in [-0.4, -0.2) is 38.5 Å². The maximum Gasteiger partial charge on any atom is 0.258 e. The van der Waals surface area contributed by atoms with Gasteiger partial charge in [0.2, 0.25) is 11.8 Å². The minimum Gasteiger partial charge on any atom is -0.508 e. The summed E-state index contributed by atoms with van der Waals surface area (Å²) in [5, 5.41) is 10.3. The standard InChI is InChI=1S/C35H29Cl2FN2O5/c1-3-19-4-9-22(10-5-19)39-30(42)25-14-13-24-26(28(25)31(39)43)17-34(36)32(44)40(23-11-7-21(38)8-12-23)33(45)35(34,37)29(24)20-6-15-27(41)18(2)16-20/h4-13,15-16,25-26,28-29,41H,3,14,17H2,1-2H3/t25-,26+,28-,29-,34+,35-/m0/s1. The second-order valence-electron chi connectivity index (χ2n) is 12.3. The zero-order valence-corrected chi connectivity index (χ0v) is 26.0. The first-order chi connectivity index (χ1) is 21.4. The summed E-state index contributed by atoms with van der Waals surface area (Å²) in [4.78, 5) is 54.8. The summed E-state index contributed by atoms with van der Waals surface area (Å²) >= 11 is 14.8. The number of allylic oxidation sites excluding steroid dienone is 2. The van der Waals surface area contributed by atoms with Crippen molar-refractivity contribution in [1.29, 1.82) is 0 Å². The number of anilines is 2. The molecule has 6 atom stereocenters. The number of phenolic OH excluding ortho intramolecular Hbond substituents is 1. The van der Waals surface area contributed by atoms with E-state index in [1.54, 1.807) is 31.2 Å². The number of benzene rings is 3. The molecule has 10 heteroatoms. The average Bonchev–Trinajstić information content (AvgIpc) is 3.37. The van der Waals surface area contributed by atoms with Crippen LogP contribution in [-0.2, 0) is 25.6 Å². The number of amides is 4. The summed E-state index contributed by atoms with van der Waals surface area (Å²) < 4.78 is 13.8. The molecule has 1 N–H and O–H groups in total. The molecule has 0 aromatic heterocycles. The zero-order valence-electron chi connectivity index (χ0n) is 24.5. The first-order valence-corrected chi connectivity index (χ1v) is 15.7. The minimum atomic E-state index is -2.03. The fourth-order valence-corrected chi connectivity index (χ4v) is 8.70. The highest BCUT2D eigenvalue weighted by atomic mass is 35.5. The number of carbonyl (C=O) groups excluding carboxylic acids is 4. The predicted octanol–water partition coefficient (Wildman–Crippen LogP) is 6.17. The second-order valence-corrected chi connectivity index (χ2v) is 13.6. The molecular formula is C35H29Cl2FN2O5. The van der Waals surface area contributed by atoms with Crippen LogP contribution in [0.4, 0.5) is 15.8 Å². The lowest BCUT2D eigenvalue weighted by atomic mass is 9.56. The third kappa shape index (κ3) is 4.01. The molecular weight excluding hydrogens is 618 g/mol. The molecule has 3 aromatic carbocycles. The molecule has 4 amide bonds. The molecule has 7 nitrogen and oxygen atoms in total. The topological polar surface area (TPSA) is 95.0 Å². The number of aromatic hydroxyl groups is 1. The van der Waals surface area contributed by atoms with Gasteiger partial charge in [-0.3, -0.25) is 24.1 Å².